The third-order valence-electron chi connectivity index (χ3n) is 2.32. The molecular formula is C9H12N4O. The number of nitrogens with two attached hydrogens (primary N) is 1. The molecule has 0 atom stereocenters. The molecule has 2 rings (SSSR count). The van der Waals surface area contributed by atoms with Gasteiger partial charge in [0.2, 0.25) is 0 Å². The van der Waals surface area contributed by atoms with Gasteiger partial charge in [-0.1, -0.05) is 0 Å². The van der Waals surface area contributed by atoms with Crippen LogP contribution < -0.4 is 10.6 Å². The number of carbonyl (C=O) groups excluding carboxylic acids is 1. The Morgan fingerprint density at radius 3 is 2.64 bits per heavy atom. The SMILES string of the molecule is Nc1cc(N2CCC(=O)CC2)ncn1. The second-order valence-corrected chi connectivity index (χ2v) is 3.33. The Morgan fingerprint density at radius 1 is 1.29 bits per heavy atom. The maximum atomic E-state index is 11.0. The minimum Gasteiger partial charge on any atom is -0.384 e. The zero-order valence-corrected chi connectivity index (χ0v) is 7.81. The van der Waals surface area contributed by atoms with Gasteiger partial charge in [0.15, 0.2) is 0 Å². The number of anilines is 2. The Kier molecular flexibility index (Phi) is 2.30. The number of ketones is 1. The number of carbonyl (C=O) groups is 1. The van der Waals surface area contributed by atoms with Crippen LogP contribution in [-0.2, 0) is 4.79 Å². The summed E-state index contributed by atoms with van der Waals surface area (Å²) in [7, 11) is 0. The number of piperidine rings is 1. The summed E-state index contributed by atoms with van der Waals surface area (Å²) in [5.41, 5.74) is 5.55. The quantitative estimate of drug-likeness (QED) is 0.689. The van der Waals surface area contributed by atoms with Crippen molar-refractivity contribution >= 4 is 17.4 Å². The van der Waals surface area contributed by atoms with Crippen molar-refractivity contribution in [1.29, 1.82) is 0 Å². The number of rotatable bonds is 1. The lowest BCUT2D eigenvalue weighted by molar-refractivity contribution is -0.119. The van der Waals surface area contributed by atoms with Crippen LogP contribution in [0.2, 0.25) is 0 Å². The Morgan fingerprint density at radius 2 is 2.00 bits per heavy atom. The molecule has 2 N–H and O–H groups in total. The van der Waals surface area contributed by atoms with Crippen molar-refractivity contribution in [3.05, 3.63) is 12.4 Å². The second kappa shape index (κ2) is 3.61. The number of aromatic nitrogens is 2. The minimum absolute atomic E-state index is 0.322. The van der Waals surface area contributed by atoms with Gasteiger partial charge in [0, 0.05) is 32.0 Å². The normalized spacial score (nSPS) is 17.1. The molecule has 0 spiro atoms. The van der Waals surface area contributed by atoms with Crippen LogP contribution in [0.5, 0.6) is 0 Å². The minimum atomic E-state index is 0.322. The fourth-order valence-corrected chi connectivity index (χ4v) is 1.52. The average Bonchev–Trinajstić information content (AvgIpc) is 2.19. The highest BCUT2D eigenvalue weighted by atomic mass is 16.1. The van der Waals surface area contributed by atoms with Crippen LogP contribution in [0, 0.1) is 0 Å². The van der Waals surface area contributed by atoms with Crippen LogP contribution in [0.3, 0.4) is 0 Å². The fraction of sp³-hybridized carbons (Fsp3) is 0.444. The average molecular weight is 192 g/mol. The zero-order valence-electron chi connectivity index (χ0n) is 7.81. The van der Waals surface area contributed by atoms with E-state index in [4.69, 9.17) is 5.73 Å². The molecule has 0 aromatic carbocycles. The van der Waals surface area contributed by atoms with Crippen molar-refractivity contribution < 1.29 is 4.79 Å². The van der Waals surface area contributed by atoms with Crippen LogP contribution in [0.15, 0.2) is 12.4 Å². The first kappa shape index (κ1) is 8.93. The van der Waals surface area contributed by atoms with Gasteiger partial charge in [-0.2, -0.15) is 0 Å². The summed E-state index contributed by atoms with van der Waals surface area (Å²) < 4.78 is 0. The lowest BCUT2D eigenvalue weighted by Gasteiger charge is -2.26. The molecule has 0 aliphatic carbocycles. The van der Waals surface area contributed by atoms with E-state index in [1.807, 2.05) is 0 Å². The van der Waals surface area contributed by atoms with Crippen molar-refractivity contribution in [3.63, 3.8) is 0 Å². The highest BCUT2D eigenvalue weighted by Gasteiger charge is 2.17. The van der Waals surface area contributed by atoms with Gasteiger partial charge in [-0.05, 0) is 0 Å². The van der Waals surface area contributed by atoms with E-state index < -0.39 is 0 Å². The number of nitrogens with zero attached hydrogens (tertiary/aromatic N) is 3. The van der Waals surface area contributed by atoms with Crippen LogP contribution in [0.4, 0.5) is 11.6 Å². The monoisotopic (exact) mass is 192 g/mol. The zero-order chi connectivity index (χ0) is 9.97. The summed E-state index contributed by atoms with van der Waals surface area (Å²) in [5, 5.41) is 0. The fourth-order valence-electron chi connectivity index (χ4n) is 1.52. The molecule has 2 heterocycles. The van der Waals surface area contributed by atoms with Crippen LogP contribution >= 0.6 is 0 Å². The van der Waals surface area contributed by atoms with Crippen molar-refractivity contribution in [1.82, 2.24) is 9.97 Å². The molecule has 1 aliphatic rings. The summed E-state index contributed by atoms with van der Waals surface area (Å²) in [6.45, 7) is 1.46. The van der Waals surface area contributed by atoms with Crippen molar-refractivity contribution in [2.45, 2.75) is 12.8 Å². The lowest BCUT2D eigenvalue weighted by Crippen LogP contribution is -2.34. The topological polar surface area (TPSA) is 72.1 Å². The molecule has 1 fully saturated rings. The largest absolute Gasteiger partial charge is 0.384 e. The van der Waals surface area contributed by atoms with Gasteiger partial charge in [0.1, 0.15) is 23.7 Å². The summed E-state index contributed by atoms with van der Waals surface area (Å²) in [6, 6.07) is 1.73. The Balaban J connectivity index is 2.12. The maximum Gasteiger partial charge on any atom is 0.136 e. The molecule has 0 unspecified atom stereocenters. The summed E-state index contributed by atoms with van der Waals surface area (Å²) in [5.74, 6) is 1.60. The van der Waals surface area contributed by atoms with Crippen LogP contribution in [0.1, 0.15) is 12.8 Å². The standard InChI is InChI=1S/C9H12N4O/c10-8-5-9(12-6-11-8)13-3-1-7(14)2-4-13/h5-6H,1-4H2,(H2,10,11,12). The van der Waals surface area contributed by atoms with E-state index in [0.29, 0.717) is 24.4 Å². The van der Waals surface area contributed by atoms with Crippen LogP contribution in [0.25, 0.3) is 0 Å². The third-order valence-corrected chi connectivity index (χ3v) is 2.32. The van der Waals surface area contributed by atoms with Gasteiger partial charge >= 0.3 is 0 Å². The number of Topliss-reactive ketones (excluding diaryl/α,β-unsaturated/α-hetero) is 1. The molecule has 0 amide bonds. The van der Waals surface area contributed by atoms with Gasteiger partial charge in [0.05, 0.1) is 0 Å². The molecule has 74 valence electrons. The molecule has 1 aromatic rings. The Bertz CT molecular complexity index is 342. The van der Waals surface area contributed by atoms with Crippen molar-refractivity contribution in [2.24, 2.45) is 0 Å². The molecule has 14 heavy (non-hydrogen) atoms. The first-order chi connectivity index (χ1) is 6.75. The predicted molar refractivity (Wildman–Crippen MR) is 52.9 cm³/mol. The molecule has 0 radical (unpaired) electrons. The van der Waals surface area contributed by atoms with Gasteiger partial charge in [-0.3, -0.25) is 4.79 Å². The summed E-state index contributed by atoms with van der Waals surface area (Å²) in [6.07, 6.45) is 2.65. The molecule has 1 aromatic heterocycles. The number of hydrogen-bond donors (Lipinski definition) is 1. The summed E-state index contributed by atoms with van der Waals surface area (Å²) in [4.78, 5) is 21.0. The lowest BCUT2D eigenvalue weighted by atomic mass is 10.1. The van der Waals surface area contributed by atoms with E-state index in [9.17, 15) is 4.79 Å². The van der Waals surface area contributed by atoms with Gasteiger partial charge < -0.3 is 10.6 Å². The maximum absolute atomic E-state index is 11.0. The number of hydrogen-bond acceptors (Lipinski definition) is 5. The van der Waals surface area contributed by atoms with Gasteiger partial charge in [-0.15, -0.1) is 0 Å². The van der Waals surface area contributed by atoms with E-state index in [1.165, 1.54) is 6.33 Å². The molecular weight excluding hydrogens is 180 g/mol. The molecule has 0 saturated carbocycles. The molecule has 5 nitrogen and oxygen atoms in total. The predicted octanol–water partition coefficient (Wildman–Crippen LogP) is 0.228. The Labute approximate surface area is 82.0 Å². The molecule has 1 aliphatic heterocycles. The van der Waals surface area contributed by atoms with Crippen molar-refractivity contribution in [3.8, 4) is 0 Å². The van der Waals surface area contributed by atoms with E-state index in [1.54, 1.807) is 6.07 Å². The van der Waals surface area contributed by atoms with E-state index in [2.05, 4.69) is 14.9 Å². The third kappa shape index (κ3) is 1.81. The Hall–Kier alpha value is -1.65. The summed E-state index contributed by atoms with van der Waals surface area (Å²) >= 11 is 0. The smallest absolute Gasteiger partial charge is 0.136 e. The molecule has 1 saturated heterocycles. The van der Waals surface area contributed by atoms with E-state index >= 15 is 0 Å². The molecule has 0 bridgehead atoms. The first-order valence-corrected chi connectivity index (χ1v) is 4.60. The highest BCUT2D eigenvalue weighted by Crippen LogP contribution is 2.16. The highest BCUT2D eigenvalue weighted by molar-refractivity contribution is 5.80. The molecule has 5 heteroatoms. The van der Waals surface area contributed by atoms with E-state index in [0.717, 1.165) is 18.9 Å². The van der Waals surface area contributed by atoms with Gasteiger partial charge in [-0.25, -0.2) is 9.97 Å². The van der Waals surface area contributed by atoms with Crippen molar-refractivity contribution in [2.75, 3.05) is 23.7 Å². The van der Waals surface area contributed by atoms with Crippen LogP contribution in [-0.4, -0.2) is 28.8 Å². The van der Waals surface area contributed by atoms with E-state index in [-0.39, 0.29) is 0 Å². The first-order valence-electron chi connectivity index (χ1n) is 4.60. The van der Waals surface area contributed by atoms with Gasteiger partial charge in [0.25, 0.3) is 0 Å². The second-order valence-electron chi connectivity index (χ2n) is 3.33. The number of nitrogen functional groups attached to an aromatic ring is 1.